The van der Waals surface area contributed by atoms with Crippen molar-refractivity contribution in [3.05, 3.63) is 0 Å². The Balaban J connectivity index is 4.47. The van der Waals surface area contributed by atoms with E-state index in [0.29, 0.717) is 19.4 Å². The molecule has 5 heteroatoms. The summed E-state index contributed by atoms with van der Waals surface area (Å²) in [5, 5.41) is 0. The van der Waals surface area contributed by atoms with Gasteiger partial charge in [-0.15, -0.1) is 0 Å². The van der Waals surface area contributed by atoms with E-state index in [1.807, 2.05) is 0 Å². The fourth-order valence-electron chi connectivity index (χ4n) is 2.01. The van der Waals surface area contributed by atoms with Crippen LogP contribution >= 0.6 is 0 Å². The monoisotopic (exact) mass is 290 g/mol. The summed E-state index contributed by atoms with van der Waals surface area (Å²) in [4.78, 5) is 24.1. The van der Waals surface area contributed by atoms with E-state index in [1.54, 1.807) is 13.8 Å². The molecule has 0 unspecified atom stereocenters. The summed E-state index contributed by atoms with van der Waals surface area (Å²) in [7, 11) is 0. The van der Waals surface area contributed by atoms with Crippen LogP contribution in [0.15, 0.2) is 0 Å². The summed E-state index contributed by atoms with van der Waals surface area (Å²) in [5.41, 5.74) is -1.29. The van der Waals surface area contributed by atoms with Gasteiger partial charge in [-0.05, 0) is 19.3 Å². The van der Waals surface area contributed by atoms with E-state index in [9.17, 15) is 14.0 Å². The van der Waals surface area contributed by atoms with E-state index in [-0.39, 0.29) is 6.61 Å². The van der Waals surface area contributed by atoms with E-state index in [4.69, 9.17) is 9.47 Å². The van der Waals surface area contributed by atoms with Crippen LogP contribution in [-0.2, 0) is 19.1 Å². The molecule has 4 nitrogen and oxygen atoms in total. The Bertz CT molecular complexity index is 288. The quantitative estimate of drug-likeness (QED) is 0.332. The maximum absolute atomic E-state index is 12.1. The normalized spacial score (nSPS) is 11.2. The van der Waals surface area contributed by atoms with Gasteiger partial charge in [0, 0.05) is 0 Å². The molecule has 0 atom stereocenters. The van der Waals surface area contributed by atoms with Gasteiger partial charge in [-0.2, -0.15) is 0 Å². The minimum Gasteiger partial charge on any atom is -0.465 e. The van der Waals surface area contributed by atoms with E-state index in [1.165, 1.54) is 0 Å². The summed E-state index contributed by atoms with van der Waals surface area (Å²) < 4.78 is 22.1. The molecule has 0 rings (SSSR count). The molecule has 0 spiro atoms. The SMILES string of the molecule is CCCCCCOC(=O)C(CC)(CC)C(=O)OCCF. The largest absolute Gasteiger partial charge is 0.465 e. The van der Waals surface area contributed by atoms with Gasteiger partial charge in [0.2, 0.25) is 0 Å². The first-order chi connectivity index (χ1) is 9.58. The summed E-state index contributed by atoms with van der Waals surface area (Å²) >= 11 is 0. The Kier molecular flexibility index (Phi) is 10.0. The molecule has 20 heavy (non-hydrogen) atoms. The van der Waals surface area contributed by atoms with E-state index in [2.05, 4.69) is 6.92 Å². The number of carbonyl (C=O) groups is 2. The highest BCUT2D eigenvalue weighted by molar-refractivity contribution is 5.99. The van der Waals surface area contributed by atoms with Gasteiger partial charge < -0.3 is 9.47 Å². The number of alkyl halides is 1. The first-order valence-corrected chi connectivity index (χ1v) is 7.49. The second-order valence-corrected chi connectivity index (χ2v) is 4.81. The van der Waals surface area contributed by atoms with Gasteiger partial charge in [0.15, 0.2) is 5.41 Å². The fourth-order valence-corrected chi connectivity index (χ4v) is 2.01. The van der Waals surface area contributed by atoms with Gasteiger partial charge >= 0.3 is 11.9 Å². The van der Waals surface area contributed by atoms with Crippen molar-refractivity contribution in [1.29, 1.82) is 0 Å². The molecule has 0 fully saturated rings. The summed E-state index contributed by atoms with van der Waals surface area (Å²) in [6.07, 6.45) is 4.59. The molecule has 0 amide bonds. The Morgan fingerprint density at radius 3 is 1.90 bits per heavy atom. The third kappa shape index (κ3) is 5.47. The average molecular weight is 290 g/mol. The lowest BCUT2D eigenvalue weighted by molar-refractivity contribution is -0.173. The predicted molar refractivity (Wildman–Crippen MR) is 75.1 cm³/mol. The van der Waals surface area contributed by atoms with Crippen LogP contribution in [0.25, 0.3) is 0 Å². The van der Waals surface area contributed by atoms with Crippen LogP contribution in [0.3, 0.4) is 0 Å². The van der Waals surface area contributed by atoms with E-state index in [0.717, 1.165) is 25.7 Å². The number of hydrogen-bond acceptors (Lipinski definition) is 4. The van der Waals surface area contributed by atoms with Crippen molar-refractivity contribution in [1.82, 2.24) is 0 Å². The molecular formula is C15H27FO4. The van der Waals surface area contributed by atoms with Crippen LogP contribution in [-0.4, -0.2) is 31.8 Å². The van der Waals surface area contributed by atoms with Crippen LogP contribution < -0.4 is 0 Å². The standard InChI is InChI=1S/C15H27FO4/c1-4-7-8-9-11-19-13(17)15(5-2,6-3)14(18)20-12-10-16/h4-12H2,1-3H3. The molecule has 0 aromatic rings. The van der Waals surface area contributed by atoms with Crippen molar-refractivity contribution in [2.24, 2.45) is 5.41 Å². The van der Waals surface area contributed by atoms with Crippen molar-refractivity contribution in [2.45, 2.75) is 59.3 Å². The average Bonchev–Trinajstić information content (AvgIpc) is 2.46. The van der Waals surface area contributed by atoms with Crippen LogP contribution in [0.5, 0.6) is 0 Å². The van der Waals surface area contributed by atoms with E-state index >= 15 is 0 Å². The van der Waals surface area contributed by atoms with Crippen LogP contribution in [0.2, 0.25) is 0 Å². The first kappa shape index (κ1) is 18.9. The predicted octanol–water partition coefficient (Wildman–Crippen LogP) is 3.43. The summed E-state index contributed by atoms with van der Waals surface area (Å²) in [5.74, 6) is -1.23. The molecule has 0 saturated carbocycles. The van der Waals surface area contributed by atoms with Crippen LogP contribution in [0, 0.1) is 5.41 Å². The highest BCUT2D eigenvalue weighted by atomic mass is 19.1. The first-order valence-electron chi connectivity index (χ1n) is 7.49. The topological polar surface area (TPSA) is 52.6 Å². The highest BCUT2D eigenvalue weighted by Crippen LogP contribution is 2.30. The summed E-state index contributed by atoms with van der Waals surface area (Å²) in [6.45, 7) is 4.83. The maximum Gasteiger partial charge on any atom is 0.323 e. The van der Waals surface area contributed by atoms with Crippen molar-refractivity contribution < 1.29 is 23.5 Å². The van der Waals surface area contributed by atoms with Crippen LogP contribution in [0.4, 0.5) is 4.39 Å². The maximum atomic E-state index is 12.1. The second-order valence-electron chi connectivity index (χ2n) is 4.81. The Morgan fingerprint density at radius 2 is 1.45 bits per heavy atom. The lowest BCUT2D eigenvalue weighted by atomic mass is 9.82. The zero-order valence-corrected chi connectivity index (χ0v) is 12.9. The lowest BCUT2D eigenvalue weighted by Crippen LogP contribution is -2.41. The third-order valence-electron chi connectivity index (χ3n) is 3.53. The van der Waals surface area contributed by atoms with Gasteiger partial charge in [0.05, 0.1) is 6.61 Å². The number of rotatable bonds is 11. The molecule has 0 N–H and O–H groups in total. The molecule has 118 valence electrons. The van der Waals surface area contributed by atoms with Gasteiger partial charge in [-0.3, -0.25) is 9.59 Å². The molecule has 0 bridgehead atoms. The zero-order chi connectivity index (χ0) is 15.4. The molecule has 0 saturated heterocycles. The van der Waals surface area contributed by atoms with Gasteiger partial charge in [-0.25, -0.2) is 4.39 Å². The minimum absolute atomic E-state index is 0.294. The number of unbranched alkanes of at least 4 members (excludes halogenated alkanes) is 3. The van der Waals surface area contributed by atoms with Crippen molar-refractivity contribution >= 4 is 11.9 Å². The molecule has 0 aliphatic heterocycles. The lowest BCUT2D eigenvalue weighted by Gasteiger charge is -2.26. The molecule has 0 radical (unpaired) electrons. The molecule has 0 aliphatic rings. The summed E-state index contributed by atoms with van der Waals surface area (Å²) in [6, 6.07) is 0. The molecule has 0 aliphatic carbocycles. The van der Waals surface area contributed by atoms with Crippen molar-refractivity contribution in [2.75, 3.05) is 19.9 Å². The molecule has 0 aromatic heterocycles. The Hall–Kier alpha value is -1.13. The highest BCUT2D eigenvalue weighted by Gasteiger charge is 2.45. The Morgan fingerprint density at radius 1 is 0.900 bits per heavy atom. The fraction of sp³-hybridized carbons (Fsp3) is 0.867. The van der Waals surface area contributed by atoms with Crippen molar-refractivity contribution in [3.8, 4) is 0 Å². The van der Waals surface area contributed by atoms with Crippen molar-refractivity contribution in [3.63, 3.8) is 0 Å². The molecular weight excluding hydrogens is 263 g/mol. The van der Waals surface area contributed by atoms with Gasteiger partial charge in [0.1, 0.15) is 13.3 Å². The number of carbonyl (C=O) groups excluding carboxylic acids is 2. The zero-order valence-electron chi connectivity index (χ0n) is 12.9. The minimum atomic E-state index is -1.29. The Labute approximate surface area is 121 Å². The molecule has 0 heterocycles. The van der Waals surface area contributed by atoms with Gasteiger partial charge in [0.25, 0.3) is 0 Å². The van der Waals surface area contributed by atoms with Crippen LogP contribution in [0.1, 0.15) is 59.3 Å². The third-order valence-corrected chi connectivity index (χ3v) is 3.53. The van der Waals surface area contributed by atoms with Gasteiger partial charge in [-0.1, -0.05) is 40.0 Å². The number of hydrogen-bond donors (Lipinski definition) is 0. The number of esters is 2. The number of ether oxygens (including phenoxy) is 2. The van der Waals surface area contributed by atoms with E-state index < -0.39 is 24.0 Å². The smallest absolute Gasteiger partial charge is 0.323 e. The number of halogens is 1. The second kappa shape index (κ2) is 10.6. The molecule has 0 aromatic carbocycles.